The summed E-state index contributed by atoms with van der Waals surface area (Å²) in [5, 5.41) is 2.63. The first-order valence-corrected chi connectivity index (χ1v) is 7.36. The largest absolute Gasteiger partial charge is 0.294 e. The van der Waals surface area contributed by atoms with Crippen LogP contribution in [0, 0.1) is 0 Å². The second-order valence-electron chi connectivity index (χ2n) is 4.63. The Balaban J connectivity index is 1.83. The number of halogens is 1. The molecule has 0 aliphatic heterocycles. The van der Waals surface area contributed by atoms with E-state index in [2.05, 4.69) is 12.1 Å². The van der Waals surface area contributed by atoms with Gasteiger partial charge in [0.2, 0.25) is 0 Å². The normalized spacial score (nSPS) is 13.6. The summed E-state index contributed by atoms with van der Waals surface area (Å²) in [5.41, 5.74) is 3.57. The molecule has 0 saturated carbocycles. The lowest BCUT2D eigenvalue weighted by Gasteiger charge is -2.04. The Morgan fingerprint density at radius 1 is 1.22 bits per heavy atom. The van der Waals surface area contributed by atoms with Crippen LogP contribution in [0.5, 0.6) is 0 Å². The van der Waals surface area contributed by atoms with Gasteiger partial charge in [0, 0.05) is 16.9 Å². The number of hydrogen-bond acceptors (Lipinski definition) is 2. The Kier molecular flexibility index (Phi) is 3.23. The molecule has 0 radical (unpaired) electrons. The molecule has 1 aliphatic rings. The van der Waals surface area contributed by atoms with Crippen molar-refractivity contribution in [2.75, 3.05) is 0 Å². The van der Waals surface area contributed by atoms with Gasteiger partial charge in [-0.2, -0.15) is 0 Å². The number of ketones is 1. The number of rotatable bonds is 3. The van der Waals surface area contributed by atoms with Crippen LogP contribution < -0.4 is 0 Å². The van der Waals surface area contributed by atoms with Crippen LogP contribution in [0.3, 0.4) is 0 Å². The van der Waals surface area contributed by atoms with Crippen molar-refractivity contribution in [1.29, 1.82) is 0 Å². The second kappa shape index (κ2) is 4.87. The van der Waals surface area contributed by atoms with Crippen molar-refractivity contribution in [2.45, 2.75) is 25.7 Å². The van der Waals surface area contributed by atoms with E-state index in [0.29, 0.717) is 11.4 Å². The molecule has 3 heteroatoms. The fourth-order valence-electron chi connectivity index (χ4n) is 2.44. The standard InChI is InChI=1S/C15H13ClOS/c16-13-6-7-18-15(13)9-14(17)12-5-4-10-2-1-3-11(10)8-12/h4-8H,1-3,9H2. The summed E-state index contributed by atoms with van der Waals surface area (Å²) >= 11 is 7.57. The highest BCUT2D eigenvalue weighted by Gasteiger charge is 2.15. The van der Waals surface area contributed by atoms with Gasteiger partial charge < -0.3 is 0 Å². The SMILES string of the molecule is O=C(Cc1sccc1Cl)c1ccc2c(c1)CCC2. The van der Waals surface area contributed by atoms with Crippen LogP contribution in [-0.4, -0.2) is 5.78 Å². The summed E-state index contributed by atoms with van der Waals surface area (Å²) in [6.07, 6.45) is 3.88. The van der Waals surface area contributed by atoms with Gasteiger partial charge in [-0.05, 0) is 47.9 Å². The van der Waals surface area contributed by atoms with E-state index in [0.717, 1.165) is 23.3 Å². The molecule has 0 fully saturated rings. The van der Waals surface area contributed by atoms with Crippen molar-refractivity contribution in [3.8, 4) is 0 Å². The van der Waals surface area contributed by atoms with Crippen molar-refractivity contribution in [3.05, 3.63) is 56.2 Å². The summed E-state index contributed by atoms with van der Waals surface area (Å²) in [6, 6.07) is 7.96. The zero-order chi connectivity index (χ0) is 12.5. The van der Waals surface area contributed by atoms with Crippen LogP contribution in [-0.2, 0) is 19.3 Å². The lowest BCUT2D eigenvalue weighted by atomic mass is 10.0. The quantitative estimate of drug-likeness (QED) is 0.763. The molecule has 0 atom stereocenters. The van der Waals surface area contributed by atoms with Gasteiger partial charge in [0.25, 0.3) is 0 Å². The second-order valence-corrected chi connectivity index (χ2v) is 6.04. The summed E-state index contributed by atoms with van der Waals surface area (Å²) in [4.78, 5) is 13.2. The molecule has 1 nitrogen and oxygen atoms in total. The minimum Gasteiger partial charge on any atom is -0.294 e. The molecule has 3 rings (SSSR count). The van der Waals surface area contributed by atoms with Crippen LogP contribution in [0.25, 0.3) is 0 Å². The minimum absolute atomic E-state index is 0.161. The molecular weight excluding hydrogens is 264 g/mol. The molecule has 92 valence electrons. The molecule has 0 bridgehead atoms. The molecule has 1 aliphatic carbocycles. The number of aryl methyl sites for hydroxylation is 2. The third-order valence-electron chi connectivity index (χ3n) is 3.43. The molecule has 1 aromatic heterocycles. The van der Waals surface area contributed by atoms with Crippen LogP contribution in [0.1, 0.15) is 32.8 Å². The monoisotopic (exact) mass is 276 g/mol. The maximum atomic E-state index is 12.2. The highest BCUT2D eigenvalue weighted by atomic mass is 35.5. The number of thiophene rings is 1. The van der Waals surface area contributed by atoms with E-state index in [1.54, 1.807) is 11.3 Å². The third kappa shape index (κ3) is 2.23. The first kappa shape index (κ1) is 11.9. The van der Waals surface area contributed by atoms with E-state index >= 15 is 0 Å². The van der Waals surface area contributed by atoms with Crippen molar-refractivity contribution < 1.29 is 4.79 Å². The number of Topliss-reactive ketones (excluding diaryl/α,β-unsaturated/α-hetero) is 1. The van der Waals surface area contributed by atoms with Crippen LogP contribution in [0.15, 0.2) is 29.6 Å². The van der Waals surface area contributed by atoms with Gasteiger partial charge >= 0.3 is 0 Å². The summed E-state index contributed by atoms with van der Waals surface area (Å²) in [7, 11) is 0. The molecule has 0 N–H and O–H groups in total. The Morgan fingerprint density at radius 3 is 2.83 bits per heavy atom. The van der Waals surface area contributed by atoms with Crippen LogP contribution in [0.4, 0.5) is 0 Å². The molecule has 0 saturated heterocycles. The Hall–Kier alpha value is -1.12. The number of fused-ring (bicyclic) bond motifs is 1. The highest BCUT2D eigenvalue weighted by molar-refractivity contribution is 7.10. The first-order chi connectivity index (χ1) is 8.74. The van der Waals surface area contributed by atoms with E-state index in [9.17, 15) is 4.79 Å². The van der Waals surface area contributed by atoms with Crippen LogP contribution in [0.2, 0.25) is 5.02 Å². The minimum atomic E-state index is 0.161. The third-order valence-corrected chi connectivity index (χ3v) is 4.82. The number of carbonyl (C=O) groups excluding carboxylic acids is 1. The maximum Gasteiger partial charge on any atom is 0.168 e. The van der Waals surface area contributed by atoms with Gasteiger partial charge in [0.05, 0.1) is 5.02 Å². The van der Waals surface area contributed by atoms with Gasteiger partial charge in [-0.25, -0.2) is 0 Å². The summed E-state index contributed by atoms with van der Waals surface area (Å²) in [5.74, 6) is 0.161. The van der Waals surface area contributed by atoms with Crippen molar-refractivity contribution in [1.82, 2.24) is 0 Å². The number of hydrogen-bond donors (Lipinski definition) is 0. The Morgan fingerprint density at radius 2 is 2.06 bits per heavy atom. The fourth-order valence-corrected chi connectivity index (χ4v) is 3.55. The zero-order valence-electron chi connectivity index (χ0n) is 9.91. The van der Waals surface area contributed by atoms with E-state index in [4.69, 9.17) is 11.6 Å². The highest BCUT2D eigenvalue weighted by Crippen LogP contribution is 2.26. The number of benzene rings is 1. The lowest BCUT2D eigenvalue weighted by Crippen LogP contribution is -2.03. The van der Waals surface area contributed by atoms with E-state index in [1.807, 2.05) is 17.5 Å². The maximum absolute atomic E-state index is 12.2. The van der Waals surface area contributed by atoms with Gasteiger partial charge in [-0.1, -0.05) is 23.7 Å². The average Bonchev–Trinajstić information content (AvgIpc) is 2.98. The van der Waals surface area contributed by atoms with Gasteiger partial charge in [0.1, 0.15) is 0 Å². The predicted octanol–water partition coefficient (Wildman–Crippen LogP) is 4.32. The molecule has 1 heterocycles. The summed E-state index contributed by atoms with van der Waals surface area (Å²) in [6.45, 7) is 0. The van der Waals surface area contributed by atoms with E-state index in [-0.39, 0.29) is 5.78 Å². The smallest absolute Gasteiger partial charge is 0.168 e. The predicted molar refractivity (Wildman–Crippen MR) is 75.8 cm³/mol. The Labute approximate surface area is 115 Å². The van der Waals surface area contributed by atoms with Crippen molar-refractivity contribution in [2.24, 2.45) is 0 Å². The molecule has 1 aromatic carbocycles. The van der Waals surface area contributed by atoms with Crippen molar-refractivity contribution in [3.63, 3.8) is 0 Å². The Bertz CT molecular complexity index is 600. The van der Waals surface area contributed by atoms with Crippen LogP contribution >= 0.6 is 22.9 Å². The fraction of sp³-hybridized carbons (Fsp3) is 0.267. The van der Waals surface area contributed by atoms with E-state index in [1.165, 1.54) is 17.5 Å². The number of carbonyl (C=O) groups is 1. The zero-order valence-corrected chi connectivity index (χ0v) is 11.5. The summed E-state index contributed by atoms with van der Waals surface area (Å²) < 4.78 is 0. The van der Waals surface area contributed by atoms with E-state index < -0.39 is 0 Å². The molecule has 0 unspecified atom stereocenters. The molecule has 0 spiro atoms. The van der Waals surface area contributed by atoms with Gasteiger partial charge in [0.15, 0.2) is 5.78 Å². The lowest BCUT2D eigenvalue weighted by molar-refractivity contribution is 0.0993. The molecular formula is C15H13ClOS. The van der Waals surface area contributed by atoms with Gasteiger partial charge in [-0.15, -0.1) is 11.3 Å². The topological polar surface area (TPSA) is 17.1 Å². The van der Waals surface area contributed by atoms with Gasteiger partial charge in [-0.3, -0.25) is 4.79 Å². The molecule has 0 amide bonds. The molecule has 2 aromatic rings. The average molecular weight is 277 g/mol. The molecule has 18 heavy (non-hydrogen) atoms. The first-order valence-electron chi connectivity index (χ1n) is 6.11. The van der Waals surface area contributed by atoms with Crippen molar-refractivity contribution >= 4 is 28.7 Å².